The molecule has 66 valence electrons. The molecule has 0 aromatic carbocycles. The molecule has 0 amide bonds. The van der Waals surface area contributed by atoms with E-state index in [2.05, 4.69) is 30.6 Å². The Bertz CT molecular complexity index is 117. The maximum absolute atomic E-state index is 3.43. The van der Waals surface area contributed by atoms with E-state index >= 15 is 0 Å². The third kappa shape index (κ3) is 2.36. The molecule has 1 aliphatic rings. The van der Waals surface area contributed by atoms with Crippen molar-refractivity contribution >= 4 is 11.8 Å². The van der Waals surface area contributed by atoms with Crippen LogP contribution in [-0.2, 0) is 0 Å². The molecule has 1 fully saturated rings. The van der Waals surface area contributed by atoms with E-state index in [1.807, 2.05) is 11.8 Å². The molecule has 1 aliphatic heterocycles. The molecule has 2 nitrogen and oxygen atoms in total. The molecule has 11 heavy (non-hydrogen) atoms. The van der Waals surface area contributed by atoms with Gasteiger partial charge in [0.2, 0.25) is 0 Å². The van der Waals surface area contributed by atoms with E-state index in [9.17, 15) is 0 Å². The lowest BCUT2D eigenvalue weighted by Gasteiger charge is -2.24. The molecule has 0 bridgehead atoms. The third-order valence-corrected chi connectivity index (χ3v) is 3.11. The zero-order valence-corrected chi connectivity index (χ0v) is 8.45. The van der Waals surface area contributed by atoms with Gasteiger partial charge in [-0.05, 0) is 32.0 Å². The van der Waals surface area contributed by atoms with Gasteiger partial charge in [0.25, 0.3) is 0 Å². The van der Waals surface area contributed by atoms with Crippen molar-refractivity contribution in [3.63, 3.8) is 0 Å². The van der Waals surface area contributed by atoms with Crippen LogP contribution < -0.4 is 5.32 Å². The summed E-state index contributed by atoms with van der Waals surface area (Å²) in [4.78, 5) is 2.33. The van der Waals surface area contributed by atoms with Crippen molar-refractivity contribution in [1.82, 2.24) is 10.2 Å². The van der Waals surface area contributed by atoms with Gasteiger partial charge in [0, 0.05) is 19.1 Å². The summed E-state index contributed by atoms with van der Waals surface area (Å²) in [5, 5.41) is 3.43. The fraction of sp³-hybridized carbons (Fsp3) is 1.00. The normalized spacial score (nSPS) is 31.6. The molecule has 0 radical (unpaired) electrons. The van der Waals surface area contributed by atoms with Crippen LogP contribution in [0.4, 0.5) is 0 Å². The van der Waals surface area contributed by atoms with E-state index in [-0.39, 0.29) is 0 Å². The molecule has 1 heterocycles. The highest BCUT2D eigenvalue weighted by atomic mass is 32.2. The van der Waals surface area contributed by atoms with Crippen molar-refractivity contribution in [3.05, 3.63) is 0 Å². The van der Waals surface area contributed by atoms with Crippen molar-refractivity contribution in [2.45, 2.75) is 6.04 Å². The van der Waals surface area contributed by atoms with Crippen LogP contribution in [0.15, 0.2) is 0 Å². The van der Waals surface area contributed by atoms with Gasteiger partial charge in [0.1, 0.15) is 0 Å². The molecular weight excluding hydrogens is 156 g/mol. The second-order valence-electron chi connectivity index (χ2n) is 3.40. The number of thioether (sulfide) groups is 1. The van der Waals surface area contributed by atoms with Crippen LogP contribution in [0.5, 0.6) is 0 Å². The smallest absolute Gasteiger partial charge is 0.0262 e. The van der Waals surface area contributed by atoms with E-state index in [0.717, 1.165) is 18.5 Å². The number of nitrogens with one attached hydrogen (secondary N) is 1. The van der Waals surface area contributed by atoms with Crippen LogP contribution in [0.25, 0.3) is 0 Å². The number of nitrogens with zero attached hydrogens (tertiary/aromatic N) is 1. The number of hydrogen-bond acceptors (Lipinski definition) is 3. The molecule has 3 heteroatoms. The second kappa shape index (κ2) is 4.33. The molecule has 0 saturated carbocycles. The van der Waals surface area contributed by atoms with Crippen molar-refractivity contribution in [1.29, 1.82) is 0 Å². The van der Waals surface area contributed by atoms with Gasteiger partial charge in [-0.15, -0.1) is 0 Å². The molecule has 0 aromatic rings. The Kier molecular flexibility index (Phi) is 3.69. The fourth-order valence-electron chi connectivity index (χ4n) is 1.71. The molecule has 1 saturated heterocycles. The van der Waals surface area contributed by atoms with Gasteiger partial charge in [0.05, 0.1) is 0 Å². The summed E-state index contributed by atoms with van der Waals surface area (Å²) in [6.07, 6.45) is 2.19. The molecule has 1 rings (SSSR count). The van der Waals surface area contributed by atoms with E-state index in [0.29, 0.717) is 0 Å². The summed E-state index contributed by atoms with van der Waals surface area (Å²) in [6, 6.07) is 0.752. The largest absolute Gasteiger partial charge is 0.315 e. The lowest BCUT2D eigenvalue weighted by molar-refractivity contribution is 0.268. The van der Waals surface area contributed by atoms with E-state index in [1.54, 1.807) is 0 Å². The summed E-state index contributed by atoms with van der Waals surface area (Å²) in [5.74, 6) is 2.13. The van der Waals surface area contributed by atoms with E-state index in [4.69, 9.17) is 0 Å². The van der Waals surface area contributed by atoms with Crippen LogP contribution in [0.2, 0.25) is 0 Å². The molecule has 0 spiro atoms. The van der Waals surface area contributed by atoms with E-state index < -0.39 is 0 Å². The fourth-order valence-corrected chi connectivity index (χ4v) is 2.48. The highest BCUT2D eigenvalue weighted by molar-refractivity contribution is 7.98. The Morgan fingerprint density at radius 2 is 2.18 bits per heavy atom. The maximum atomic E-state index is 3.43. The average molecular weight is 174 g/mol. The molecule has 0 aromatic heterocycles. The highest BCUT2D eigenvalue weighted by Gasteiger charge is 2.27. The summed E-state index contributed by atoms with van der Waals surface area (Å²) < 4.78 is 0. The number of likely N-dealkylation sites (N-methyl/N-ethyl adjacent to an activating group) is 1. The summed E-state index contributed by atoms with van der Waals surface area (Å²) in [6.45, 7) is 2.36. The quantitative estimate of drug-likeness (QED) is 0.671. The van der Waals surface area contributed by atoms with Crippen molar-refractivity contribution < 1.29 is 0 Å². The van der Waals surface area contributed by atoms with Gasteiger partial charge in [0.15, 0.2) is 0 Å². The summed E-state index contributed by atoms with van der Waals surface area (Å²) >= 11 is 1.95. The maximum Gasteiger partial charge on any atom is 0.0262 e. The minimum atomic E-state index is 0.752. The molecule has 1 N–H and O–H groups in total. The van der Waals surface area contributed by atoms with Crippen LogP contribution in [-0.4, -0.2) is 50.1 Å². The Morgan fingerprint density at radius 3 is 2.73 bits per heavy atom. The van der Waals surface area contributed by atoms with Gasteiger partial charge >= 0.3 is 0 Å². The summed E-state index contributed by atoms with van der Waals surface area (Å²) in [5.41, 5.74) is 0. The summed E-state index contributed by atoms with van der Waals surface area (Å²) in [7, 11) is 4.34. The minimum absolute atomic E-state index is 0.752. The standard InChI is InChI=1S/C8H18N2S/c1-10(2)8-5-9-4-7(8)6-11-3/h7-9H,4-6H2,1-3H3. The van der Waals surface area contributed by atoms with Gasteiger partial charge in [-0.1, -0.05) is 0 Å². The SMILES string of the molecule is CSCC1CNCC1N(C)C. The Labute approximate surface area is 73.7 Å². The monoisotopic (exact) mass is 174 g/mol. The molecule has 2 atom stereocenters. The molecule has 2 unspecified atom stereocenters. The van der Waals surface area contributed by atoms with Gasteiger partial charge in [-0.25, -0.2) is 0 Å². The predicted octanol–water partition coefficient (Wildman–Crippen LogP) is 0.499. The van der Waals surface area contributed by atoms with Gasteiger partial charge in [-0.2, -0.15) is 11.8 Å². The van der Waals surface area contributed by atoms with Crippen LogP contribution >= 0.6 is 11.8 Å². The van der Waals surface area contributed by atoms with Crippen molar-refractivity contribution in [3.8, 4) is 0 Å². The van der Waals surface area contributed by atoms with Gasteiger partial charge < -0.3 is 10.2 Å². The predicted molar refractivity (Wildman–Crippen MR) is 52.2 cm³/mol. The number of hydrogen-bond donors (Lipinski definition) is 1. The average Bonchev–Trinajstić information content (AvgIpc) is 2.36. The minimum Gasteiger partial charge on any atom is -0.315 e. The lowest BCUT2D eigenvalue weighted by atomic mass is 10.1. The van der Waals surface area contributed by atoms with E-state index in [1.165, 1.54) is 12.3 Å². The Morgan fingerprint density at radius 1 is 1.45 bits per heavy atom. The zero-order valence-electron chi connectivity index (χ0n) is 7.63. The Balaban J connectivity index is 2.37. The molecule has 0 aliphatic carbocycles. The van der Waals surface area contributed by atoms with Crippen LogP contribution in [0.1, 0.15) is 0 Å². The van der Waals surface area contributed by atoms with Crippen LogP contribution in [0, 0.1) is 5.92 Å². The van der Waals surface area contributed by atoms with Gasteiger partial charge in [-0.3, -0.25) is 0 Å². The zero-order chi connectivity index (χ0) is 8.27. The topological polar surface area (TPSA) is 15.3 Å². The first-order chi connectivity index (χ1) is 5.25. The third-order valence-electron chi connectivity index (χ3n) is 2.35. The van der Waals surface area contributed by atoms with Crippen molar-refractivity contribution in [2.75, 3.05) is 39.2 Å². The number of rotatable bonds is 3. The van der Waals surface area contributed by atoms with Crippen LogP contribution in [0.3, 0.4) is 0 Å². The highest BCUT2D eigenvalue weighted by Crippen LogP contribution is 2.17. The lowest BCUT2D eigenvalue weighted by Crippen LogP contribution is -2.35. The first-order valence-electron chi connectivity index (χ1n) is 4.11. The van der Waals surface area contributed by atoms with Crippen molar-refractivity contribution in [2.24, 2.45) is 5.92 Å². The Hall–Kier alpha value is 0.270. The first-order valence-corrected chi connectivity index (χ1v) is 5.51. The first kappa shape index (κ1) is 9.36. The molecular formula is C8H18N2S. The second-order valence-corrected chi connectivity index (χ2v) is 4.32.